The van der Waals surface area contributed by atoms with Crippen LogP contribution in [0.2, 0.25) is 0 Å². The van der Waals surface area contributed by atoms with Crippen molar-refractivity contribution in [1.29, 1.82) is 0 Å². The third-order valence-electron chi connectivity index (χ3n) is 4.96. The Labute approximate surface area is 147 Å². The Kier molecular flexibility index (Phi) is 4.32. The lowest BCUT2D eigenvalue weighted by molar-refractivity contribution is 0.0984. The Morgan fingerprint density at radius 1 is 1.16 bits per heavy atom. The fraction of sp³-hybridized carbons (Fsp3) is 0.350. The fourth-order valence-electron chi connectivity index (χ4n) is 3.77. The van der Waals surface area contributed by atoms with Crippen molar-refractivity contribution in [2.24, 2.45) is 0 Å². The Bertz CT molecular complexity index is 777. The SMILES string of the molecule is COc1ccccc1-c1cccc(NC(=O)NC2CC3CCC2O3)c1. The summed E-state index contributed by atoms with van der Waals surface area (Å²) < 4.78 is 11.2. The van der Waals surface area contributed by atoms with Crippen LogP contribution in [0.1, 0.15) is 19.3 Å². The molecule has 2 fully saturated rings. The van der Waals surface area contributed by atoms with Gasteiger partial charge in [0, 0.05) is 11.3 Å². The first-order chi connectivity index (χ1) is 12.2. The first kappa shape index (κ1) is 16.0. The number of carbonyl (C=O) groups is 1. The second-order valence-electron chi connectivity index (χ2n) is 6.60. The van der Waals surface area contributed by atoms with Crippen LogP contribution in [0, 0.1) is 0 Å². The van der Waals surface area contributed by atoms with Gasteiger partial charge in [-0.25, -0.2) is 4.79 Å². The number of hydrogen-bond donors (Lipinski definition) is 2. The van der Waals surface area contributed by atoms with Gasteiger partial charge in [0.15, 0.2) is 0 Å². The van der Waals surface area contributed by atoms with Crippen molar-refractivity contribution >= 4 is 11.7 Å². The number of benzene rings is 2. The van der Waals surface area contributed by atoms with E-state index in [1.807, 2.05) is 48.5 Å². The fourth-order valence-corrected chi connectivity index (χ4v) is 3.77. The van der Waals surface area contributed by atoms with E-state index in [2.05, 4.69) is 10.6 Å². The standard InChI is InChI=1S/C20H22N2O3/c1-24-18-8-3-2-7-16(18)13-5-4-6-14(11-13)21-20(23)22-17-12-15-9-10-19(17)25-15/h2-8,11,15,17,19H,9-10,12H2,1H3,(H2,21,22,23). The molecule has 5 heteroatoms. The van der Waals surface area contributed by atoms with E-state index in [1.165, 1.54) is 0 Å². The Balaban J connectivity index is 1.45. The van der Waals surface area contributed by atoms with Gasteiger partial charge in [0.25, 0.3) is 0 Å². The number of ether oxygens (including phenoxy) is 2. The minimum atomic E-state index is -0.182. The molecule has 2 amide bonds. The van der Waals surface area contributed by atoms with E-state index in [1.54, 1.807) is 7.11 Å². The lowest BCUT2D eigenvalue weighted by atomic mass is 9.96. The van der Waals surface area contributed by atoms with E-state index < -0.39 is 0 Å². The number of carbonyl (C=O) groups excluding carboxylic acids is 1. The van der Waals surface area contributed by atoms with Crippen LogP contribution in [0.4, 0.5) is 10.5 Å². The summed E-state index contributed by atoms with van der Waals surface area (Å²) in [5.41, 5.74) is 2.75. The number of hydrogen-bond acceptors (Lipinski definition) is 3. The number of amides is 2. The molecule has 2 aromatic rings. The third kappa shape index (κ3) is 3.33. The van der Waals surface area contributed by atoms with Crippen LogP contribution in [-0.4, -0.2) is 31.4 Å². The van der Waals surface area contributed by atoms with Gasteiger partial charge in [0.05, 0.1) is 25.4 Å². The van der Waals surface area contributed by atoms with Crippen LogP contribution in [0.5, 0.6) is 5.75 Å². The molecule has 0 spiro atoms. The van der Waals surface area contributed by atoms with Crippen LogP contribution in [0.3, 0.4) is 0 Å². The predicted octanol–water partition coefficient (Wildman–Crippen LogP) is 3.80. The van der Waals surface area contributed by atoms with Crippen LogP contribution < -0.4 is 15.4 Å². The highest BCUT2D eigenvalue weighted by Gasteiger charge is 2.41. The molecule has 25 heavy (non-hydrogen) atoms. The summed E-state index contributed by atoms with van der Waals surface area (Å²) in [7, 11) is 1.66. The molecule has 2 aliphatic heterocycles. The van der Waals surface area contributed by atoms with Crippen molar-refractivity contribution in [2.75, 3.05) is 12.4 Å². The predicted molar refractivity (Wildman–Crippen MR) is 96.9 cm³/mol. The Morgan fingerprint density at radius 2 is 2.04 bits per heavy atom. The van der Waals surface area contributed by atoms with Gasteiger partial charge in [-0.15, -0.1) is 0 Å². The molecular weight excluding hydrogens is 316 g/mol. The molecular formula is C20H22N2O3. The van der Waals surface area contributed by atoms with Crippen molar-refractivity contribution in [2.45, 2.75) is 37.5 Å². The number of anilines is 1. The number of fused-ring (bicyclic) bond motifs is 2. The summed E-state index contributed by atoms with van der Waals surface area (Å²) in [4.78, 5) is 12.3. The smallest absolute Gasteiger partial charge is 0.319 e. The summed E-state index contributed by atoms with van der Waals surface area (Å²) in [6.07, 6.45) is 3.57. The van der Waals surface area contributed by atoms with Crippen LogP contribution in [0.15, 0.2) is 48.5 Å². The third-order valence-corrected chi connectivity index (χ3v) is 4.96. The monoisotopic (exact) mass is 338 g/mol. The van der Waals surface area contributed by atoms with Crippen molar-refractivity contribution < 1.29 is 14.3 Å². The molecule has 2 saturated heterocycles. The molecule has 3 unspecified atom stereocenters. The van der Waals surface area contributed by atoms with Crippen molar-refractivity contribution in [3.8, 4) is 16.9 Å². The highest BCUT2D eigenvalue weighted by Crippen LogP contribution is 2.34. The van der Waals surface area contributed by atoms with E-state index in [9.17, 15) is 4.79 Å². The lowest BCUT2D eigenvalue weighted by Gasteiger charge is -2.20. The maximum atomic E-state index is 12.3. The van der Waals surface area contributed by atoms with E-state index in [0.29, 0.717) is 6.10 Å². The largest absolute Gasteiger partial charge is 0.496 e. The average Bonchev–Trinajstić information content (AvgIpc) is 3.25. The zero-order valence-corrected chi connectivity index (χ0v) is 14.2. The molecule has 2 heterocycles. The maximum Gasteiger partial charge on any atom is 0.319 e. The van der Waals surface area contributed by atoms with E-state index in [0.717, 1.165) is 41.8 Å². The second kappa shape index (κ2) is 6.76. The highest BCUT2D eigenvalue weighted by molar-refractivity contribution is 5.90. The van der Waals surface area contributed by atoms with Gasteiger partial charge in [-0.1, -0.05) is 30.3 Å². The first-order valence-electron chi connectivity index (χ1n) is 8.69. The van der Waals surface area contributed by atoms with Crippen LogP contribution >= 0.6 is 0 Å². The molecule has 0 radical (unpaired) electrons. The molecule has 130 valence electrons. The quantitative estimate of drug-likeness (QED) is 0.891. The minimum Gasteiger partial charge on any atom is -0.496 e. The van der Waals surface area contributed by atoms with Gasteiger partial charge in [-0.3, -0.25) is 0 Å². The van der Waals surface area contributed by atoms with Gasteiger partial charge in [0.1, 0.15) is 5.75 Å². The molecule has 2 bridgehead atoms. The molecule has 5 nitrogen and oxygen atoms in total. The second-order valence-corrected chi connectivity index (χ2v) is 6.60. The topological polar surface area (TPSA) is 59.6 Å². The molecule has 2 aliphatic rings. The normalized spacial score (nSPS) is 24.1. The minimum absolute atomic E-state index is 0.121. The molecule has 4 rings (SSSR count). The number of urea groups is 1. The van der Waals surface area contributed by atoms with Crippen molar-refractivity contribution in [3.05, 3.63) is 48.5 Å². The summed E-state index contributed by atoms with van der Waals surface area (Å²) in [6.45, 7) is 0. The molecule has 3 atom stereocenters. The van der Waals surface area contributed by atoms with E-state index >= 15 is 0 Å². The average molecular weight is 338 g/mol. The first-order valence-corrected chi connectivity index (χ1v) is 8.69. The lowest BCUT2D eigenvalue weighted by Crippen LogP contribution is -2.43. The zero-order valence-electron chi connectivity index (χ0n) is 14.2. The summed E-state index contributed by atoms with van der Waals surface area (Å²) in [6, 6.07) is 15.6. The molecule has 0 aliphatic carbocycles. The Hall–Kier alpha value is -2.53. The number of para-hydroxylation sites is 1. The zero-order chi connectivity index (χ0) is 17.2. The van der Waals surface area contributed by atoms with Gasteiger partial charge in [0.2, 0.25) is 0 Å². The van der Waals surface area contributed by atoms with Gasteiger partial charge in [-0.05, 0) is 43.0 Å². The van der Waals surface area contributed by atoms with Gasteiger partial charge >= 0.3 is 6.03 Å². The molecule has 2 N–H and O–H groups in total. The summed E-state index contributed by atoms with van der Waals surface area (Å²) >= 11 is 0. The van der Waals surface area contributed by atoms with Crippen molar-refractivity contribution in [3.63, 3.8) is 0 Å². The van der Waals surface area contributed by atoms with Crippen LogP contribution in [-0.2, 0) is 4.74 Å². The highest BCUT2D eigenvalue weighted by atomic mass is 16.5. The summed E-state index contributed by atoms with van der Waals surface area (Å²) in [5, 5.41) is 5.97. The Morgan fingerprint density at radius 3 is 2.80 bits per heavy atom. The number of nitrogens with one attached hydrogen (secondary N) is 2. The number of rotatable bonds is 4. The van der Waals surface area contributed by atoms with Crippen molar-refractivity contribution in [1.82, 2.24) is 5.32 Å². The number of methoxy groups -OCH3 is 1. The molecule has 0 aromatic heterocycles. The van der Waals surface area contributed by atoms with E-state index in [-0.39, 0.29) is 18.2 Å². The van der Waals surface area contributed by atoms with Gasteiger partial charge in [-0.2, -0.15) is 0 Å². The maximum absolute atomic E-state index is 12.3. The van der Waals surface area contributed by atoms with Gasteiger partial charge < -0.3 is 20.1 Å². The summed E-state index contributed by atoms with van der Waals surface area (Å²) in [5.74, 6) is 0.809. The van der Waals surface area contributed by atoms with E-state index in [4.69, 9.17) is 9.47 Å². The van der Waals surface area contributed by atoms with Crippen LogP contribution in [0.25, 0.3) is 11.1 Å². The molecule has 2 aromatic carbocycles. The molecule has 0 saturated carbocycles.